The van der Waals surface area contributed by atoms with Crippen LogP contribution in [0, 0.1) is 5.82 Å². The van der Waals surface area contributed by atoms with Crippen LogP contribution < -0.4 is 15.2 Å². The predicted molar refractivity (Wildman–Crippen MR) is 147 cm³/mol. The quantitative estimate of drug-likeness (QED) is 0.224. The second-order valence-electron chi connectivity index (χ2n) is 9.35. The molecule has 0 heterocycles. The lowest BCUT2D eigenvalue weighted by atomic mass is 9.87. The summed E-state index contributed by atoms with van der Waals surface area (Å²) in [5, 5.41) is 0. The Labute approximate surface area is 219 Å². The van der Waals surface area contributed by atoms with E-state index in [0.29, 0.717) is 18.4 Å². The van der Waals surface area contributed by atoms with Crippen molar-refractivity contribution in [3.63, 3.8) is 0 Å². The summed E-state index contributed by atoms with van der Waals surface area (Å²) < 4.78 is 52.6. The molecule has 3 aromatic rings. The van der Waals surface area contributed by atoms with Crippen LogP contribution >= 0.6 is 9.24 Å². The fourth-order valence-electron chi connectivity index (χ4n) is 4.91. The van der Waals surface area contributed by atoms with Gasteiger partial charge in [0.15, 0.2) is 0 Å². The third kappa shape index (κ3) is 6.48. The first-order valence-corrected chi connectivity index (χ1v) is 13.3. The van der Waals surface area contributed by atoms with Crippen molar-refractivity contribution in [2.24, 2.45) is 0 Å². The maximum Gasteiger partial charge on any atom is 0.408 e. The largest absolute Gasteiger partial charge is 0.490 e. The number of rotatable bonds is 9. The van der Waals surface area contributed by atoms with Crippen LogP contribution in [-0.2, 0) is 6.42 Å². The molecule has 0 radical (unpaired) electrons. The zero-order chi connectivity index (χ0) is 26.6. The monoisotopic (exact) mass is 527 g/mol. The van der Waals surface area contributed by atoms with Gasteiger partial charge in [-0.2, -0.15) is 8.78 Å². The van der Waals surface area contributed by atoms with E-state index in [1.807, 2.05) is 30.3 Å². The van der Waals surface area contributed by atoms with Gasteiger partial charge >= 0.3 is 5.85 Å². The van der Waals surface area contributed by atoms with Crippen molar-refractivity contribution in [2.75, 3.05) is 5.73 Å². The summed E-state index contributed by atoms with van der Waals surface area (Å²) >= 11 is 0. The van der Waals surface area contributed by atoms with Gasteiger partial charge in [0, 0.05) is 0 Å². The van der Waals surface area contributed by atoms with Gasteiger partial charge in [0.1, 0.15) is 17.3 Å². The molecule has 196 valence electrons. The highest BCUT2D eigenvalue weighted by molar-refractivity contribution is 7.17. The zero-order valence-corrected chi connectivity index (χ0v) is 22.4. The molecule has 1 aliphatic carbocycles. The molecule has 0 aromatic heterocycles. The third-order valence-corrected chi connectivity index (χ3v) is 6.78. The van der Waals surface area contributed by atoms with Crippen molar-refractivity contribution in [1.29, 1.82) is 0 Å². The number of alkyl halides is 2. The van der Waals surface area contributed by atoms with Crippen LogP contribution in [0.1, 0.15) is 68.2 Å². The van der Waals surface area contributed by atoms with Gasteiger partial charge in [-0.05, 0) is 105 Å². The van der Waals surface area contributed by atoms with Crippen molar-refractivity contribution < 1.29 is 22.6 Å². The van der Waals surface area contributed by atoms with Gasteiger partial charge in [-0.3, -0.25) is 0 Å². The van der Waals surface area contributed by atoms with Crippen LogP contribution in [0.2, 0.25) is 0 Å². The number of allylic oxidation sites excluding steroid dienone is 1. The fraction of sp³-hybridized carbons (Fsp3) is 0.333. The minimum Gasteiger partial charge on any atom is -0.490 e. The topological polar surface area (TPSA) is 44.5 Å². The first-order valence-electron chi connectivity index (χ1n) is 12.7. The van der Waals surface area contributed by atoms with Crippen LogP contribution in [0.5, 0.6) is 11.5 Å². The molecular formula is C30H33F3NO2P. The van der Waals surface area contributed by atoms with Crippen LogP contribution in [0.4, 0.5) is 18.9 Å². The van der Waals surface area contributed by atoms with Crippen LogP contribution in [0.15, 0.2) is 60.7 Å². The number of fused-ring (bicyclic) bond motifs is 1. The summed E-state index contributed by atoms with van der Waals surface area (Å²) in [6, 6.07) is 18.0. The Balaban J connectivity index is 1.80. The molecule has 7 heteroatoms. The molecular weight excluding hydrogens is 494 g/mol. The number of benzene rings is 3. The fourth-order valence-corrected chi connectivity index (χ4v) is 5.04. The number of halogens is 3. The molecule has 0 saturated heterocycles. The van der Waals surface area contributed by atoms with Gasteiger partial charge in [-0.1, -0.05) is 50.6 Å². The summed E-state index contributed by atoms with van der Waals surface area (Å²) in [5.74, 6) is -2.86. The molecule has 0 fully saturated rings. The molecule has 2 unspecified atom stereocenters. The Hall–Kier alpha value is -2.98. The van der Waals surface area contributed by atoms with Gasteiger partial charge in [-0.25, -0.2) is 4.39 Å². The van der Waals surface area contributed by atoms with Gasteiger partial charge in [0.2, 0.25) is 0 Å². The minimum atomic E-state index is -3.34. The minimum absolute atomic E-state index is 0.0674. The summed E-state index contributed by atoms with van der Waals surface area (Å²) in [6.45, 7) is 4.26. The number of hydrogen-bond acceptors (Lipinski definition) is 3. The molecule has 4 rings (SSSR count). The Morgan fingerprint density at radius 1 is 0.919 bits per heavy atom. The van der Waals surface area contributed by atoms with Crippen molar-refractivity contribution in [3.05, 3.63) is 88.7 Å². The molecule has 1 aliphatic rings. The van der Waals surface area contributed by atoms with Crippen molar-refractivity contribution in [3.8, 4) is 11.5 Å². The molecule has 0 spiro atoms. The smallest absolute Gasteiger partial charge is 0.408 e. The van der Waals surface area contributed by atoms with E-state index in [9.17, 15) is 8.78 Å². The molecule has 0 bridgehead atoms. The lowest BCUT2D eigenvalue weighted by Crippen LogP contribution is -2.14. The maximum absolute atomic E-state index is 15.2. The average molecular weight is 528 g/mol. The van der Waals surface area contributed by atoms with E-state index in [1.54, 1.807) is 18.2 Å². The lowest BCUT2D eigenvalue weighted by molar-refractivity contribution is -0.0892. The van der Waals surface area contributed by atoms with Gasteiger partial charge in [-0.15, -0.1) is 0 Å². The summed E-state index contributed by atoms with van der Waals surface area (Å²) in [6.07, 6.45) is 5.11. The second kappa shape index (κ2) is 11.6. The van der Waals surface area contributed by atoms with E-state index in [-0.39, 0.29) is 23.4 Å². The molecule has 0 saturated carbocycles. The molecule has 2 atom stereocenters. The molecule has 0 amide bonds. The highest BCUT2D eigenvalue weighted by Crippen LogP contribution is 2.42. The number of ether oxygens (including phenoxy) is 2. The van der Waals surface area contributed by atoms with Crippen LogP contribution in [-0.4, -0.2) is 12.0 Å². The Morgan fingerprint density at radius 3 is 2.19 bits per heavy atom. The number of hydrogen-bond donors (Lipinski definition) is 1. The van der Waals surface area contributed by atoms with E-state index >= 15 is 4.39 Å². The Kier molecular flexibility index (Phi) is 8.49. The van der Waals surface area contributed by atoms with E-state index < -0.39 is 5.85 Å². The van der Waals surface area contributed by atoms with Crippen LogP contribution in [0.25, 0.3) is 11.1 Å². The first-order chi connectivity index (χ1) is 17.7. The summed E-state index contributed by atoms with van der Waals surface area (Å²) in [4.78, 5) is 0. The highest BCUT2D eigenvalue weighted by Gasteiger charge is 2.25. The second-order valence-corrected chi connectivity index (χ2v) is 10.0. The Bertz CT molecular complexity index is 1250. The number of anilines is 1. The van der Waals surface area contributed by atoms with Gasteiger partial charge in [0.25, 0.3) is 0 Å². The van der Waals surface area contributed by atoms with Crippen molar-refractivity contribution in [2.45, 2.75) is 64.3 Å². The number of nitrogens with two attached hydrogens (primary N) is 1. The summed E-state index contributed by atoms with van der Waals surface area (Å²) in [7, 11) is 1.37. The van der Waals surface area contributed by atoms with E-state index in [1.165, 1.54) is 21.4 Å². The van der Waals surface area contributed by atoms with Gasteiger partial charge < -0.3 is 15.2 Å². The molecule has 0 aliphatic heterocycles. The summed E-state index contributed by atoms with van der Waals surface area (Å²) in [5.41, 5.74) is 11.1. The molecule has 37 heavy (non-hydrogen) atoms. The van der Waals surface area contributed by atoms with E-state index in [0.717, 1.165) is 59.3 Å². The third-order valence-electron chi connectivity index (χ3n) is 6.67. The zero-order valence-electron chi connectivity index (χ0n) is 21.2. The predicted octanol–water partition coefficient (Wildman–Crippen LogP) is 8.47. The SMILES string of the molecule is CCCC(CC)Oc1ccc(C2=C(c3ccc(OC(F)(F)P)cc3)CCCc3c2ccc(N)c3F)cc1. The lowest BCUT2D eigenvalue weighted by Gasteiger charge is -2.20. The van der Waals surface area contributed by atoms with Gasteiger partial charge in [0.05, 0.1) is 11.8 Å². The van der Waals surface area contributed by atoms with Crippen molar-refractivity contribution in [1.82, 2.24) is 0 Å². The van der Waals surface area contributed by atoms with E-state index in [4.69, 9.17) is 10.5 Å². The molecule has 3 nitrogen and oxygen atoms in total. The molecule has 3 aromatic carbocycles. The van der Waals surface area contributed by atoms with Crippen LogP contribution in [0.3, 0.4) is 0 Å². The molecule has 2 N–H and O–H groups in total. The first kappa shape index (κ1) is 27.1. The Morgan fingerprint density at radius 2 is 1.57 bits per heavy atom. The average Bonchev–Trinajstić information content (AvgIpc) is 3.06. The normalized spacial score (nSPS) is 14.6. The maximum atomic E-state index is 15.2. The highest BCUT2D eigenvalue weighted by atomic mass is 31.0. The number of nitrogen functional groups attached to an aromatic ring is 1. The van der Waals surface area contributed by atoms with Crippen molar-refractivity contribution >= 4 is 26.1 Å². The van der Waals surface area contributed by atoms with E-state index in [2.05, 4.69) is 18.6 Å². The standard InChI is InChI=1S/C30H33F3NO2P/c1-3-6-21(4-2)35-22-13-11-20(12-14-22)28-24(19-9-15-23(16-10-19)36-30(32,33)37)7-5-8-26-25(28)17-18-27(34)29(26)31/h9-18,21H,3-8,34,37H2,1-2H3.